The van der Waals surface area contributed by atoms with Crippen LogP contribution in [0.5, 0.6) is 11.8 Å². The Morgan fingerprint density at radius 3 is 2.77 bits per heavy atom. The van der Waals surface area contributed by atoms with Crippen molar-refractivity contribution in [2.75, 3.05) is 31.0 Å². The van der Waals surface area contributed by atoms with Gasteiger partial charge in [-0.2, -0.15) is 13.4 Å². The molecule has 2 aliphatic heterocycles. The second-order valence-electron chi connectivity index (χ2n) is 6.15. The van der Waals surface area contributed by atoms with Crippen molar-refractivity contribution in [1.29, 1.82) is 0 Å². The molecule has 0 aliphatic carbocycles. The third-order valence-corrected chi connectivity index (χ3v) is 5.50. The summed E-state index contributed by atoms with van der Waals surface area (Å²) < 4.78 is 46.6. The van der Waals surface area contributed by atoms with E-state index in [1.165, 1.54) is 6.20 Å². The first-order valence-electron chi connectivity index (χ1n) is 7.61. The van der Waals surface area contributed by atoms with Gasteiger partial charge >= 0.3 is 16.2 Å². The second-order valence-corrected chi connectivity index (χ2v) is 7.74. The predicted molar refractivity (Wildman–Crippen MR) is 87.5 cm³/mol. The number of likely N-dealkylation sites (N-methyl/N-ethyl adjacent to an activating group) is 1. The number of carbonyl (C=O) groups excluding carboxylic acids is 1. The van der Waals surface area contributed by atoms with Crippen molar-refractivity contribution in [3.05, 3.63) is 18.1 Å². The van der Waals surface area contributed by atoms with E-state index in [2.05, 4.69) is 9.97 Å². The normalized spacial score (nSPS) is 20.2. The average Bonchev–Trinajstić information content (AvgIpc) is 2.79. The molecule has 0 atom stereocenters. The lowest BCUT2D eigenvalue weighted by atomic mass is 10.2. The molecule has 1 aromatic carbocycles. The number of benzene rings is 1. The Labute approximate surface area is 147 Å². The highest BCUT2D eigenvalue weighted by Crippen LogP contribution is 2.37. The van der Waals surface area contributed by atoms with Crippen LogP contribution in [0.2, 0.25) is 0 Å². The lowest BCUT2D eigenvalue weighted by Crippen LogP contribution is -2.51. The largest absolute Gasteiger partial charge is 0.506 e. The van der Waals surface area contributed by atoms with Crippen molar-refractivity contribution in [2.24, 2.45) is 0 Å². The SMILES string of the molecule is CN1CC(Oc2ncc3cc(O)c(N4CC(=O)NS4(=O)=O)c(F)c3n2)C1. The second kappa shape index (κ2) is 5.64. The number of nitrogens with one attached hydrogen (secondary N) is 1. The van der Waals surface area contributed by atoms with E-state index >= 15 is 0 Å². The van der Waals surface area contributed by atoms with Gasteiger partial charge in [-0.25, -0.2) is 18.4 Å². The number of anilines is 1. The number of amides is 1. The number of hydrogen-bond donors (Lipinski definition) is 2. The average molecular weight is 383 g/mol. The van der Waals surface area contributed by atoms with E-state index in [9.17, 15) is 22.7 Å². The molecule has 12 heteroatoms. The van der Waals surface area contributed by atoms with Crippen LogP contribution < -0.4 is 13.8 Å². The number of carbonyl (C=O) groups is 1. The number of hydrogen-bond acceptors (Lipinski definition) is 8. The van der Waals surface area contributed by atoms with Crippen molar-refractivity contribution in [1.82, 2.24) is 19.6 Å². The van der Waals surface area contributed by atoms with E-state index < -0.39 is 39.9 Å². The fourth-order valence-electron chi connectivity index (χ4n) is 2.90. The van der Waals surface area contributed by atoms with Gasteiger partial charge in [0.25, 0.3) is 5.91 Å². The molecule has 0 saturated carbocycles. The summed E-state index contributed by atoms with van der Waals surface area (Å²) in [4.78, 5) is 21.4. The first-order chi connectivity index (χ1) is 12.2. The molecule has 2 aromatic rings. The van der Waals surface area contributed by atoms with E-state index in [1.54, 1.807) is 4.72 Å². The fourth-order valence-corrected chi connectivity index (χ4v) is 4.07. The molecule has 3 heterocycles. The number of likely N-dealkylation sites (tertiary alicyclic amines) is 1. The summed E-state index contributed by atoms with van der Waals surface area (Å²) in [6.45, 7) is 0.732. The van der Waals surface area contributed by atoms with Gasteiger partial charge in [0.1, 0.15) is 29.6 Å². The van der Waals surface area contributed by atoms with E-state index in [1.807, 2.05) is 11.9 Å². The van der Waals surface area contributed by atoms with Crippen LogP contribution in [0.3, 0.4) is 0 Å². The molecule has 26 heavy (non-hydrogen) atoms. The first kappa shape index (κ1) is 16.7. The highest BCUT2D eigenvalue weighted by molar-refractivity contribution is 7.92. The number of rotatable bonds is 3. The van der Waals surface area contributed by atoms with Gasteiger partial charge in [0.15, 0.2) is 5.82 Å². The number of fused-ring (bicyclic) bond motifs is 1. The lowest BCUT2D eigenvalue weighted by molar-refractivity contribution is -0.117. The Morgan fingerprint density at radius 2 is 2.15 bits per heavy atom. The molecule has 4 rings (SSSR count). The zero-order chi connectivity index (χ0) is 18.6. The molecule has 138 valence electrons. The fraction of sp³-hybridized carbons (Fsp3) is 0.357. The van der Waals surface area contributed by atoms with Gasteiger partial charge in [0, 0.05) is 24.7 Å². The third-order valence-electron chi connectivity index (χ3n) is 4.12. The minimum atomic E-state index is -4.28. The monoisotopic (exact) mass is 383 g/mol. The molecule has 2 saturated heterocycles. The van der Waals surface area contributed by atoms with Gasteiger partial charge in [0.2, 0.25) is 0 Å². The van der Waals surface area contributed by atoms with Crippen LogP contribution in [-0.2, 0) is 15.0 Å². The number of halogens is 1. The van der Waals surface area contributed by atoms with E-state index in [0.717, 1.165) is 6.07 Å². The van der Waals surface area contributed by atoms with Crippen molar-refractivity contribution in [3.8, 4) is 11.8 Å². The number of phenolic OH excluding ortho intramolecular Hbond substituents is 1. The lowest BCUT2D eigenvalue weighted by Gasteiger charge is -2.35. The minimum absolute atomic E-state index is 0.0513. The van der Waals surface area contributed by atoms with Crippen LogP contribution in [0.25, 0.3) is 10.9 Å². The van der Waals surface area contributed by atoms with Crippen molar-refractivity contribution in [3.63, 3.8) is 0 Å². The van der Waals surface area contributed by atoms with E-state index in [-0.39, 0.29) is 23.0 Å². The summed E-state index contributed by atoms with van der Waals surface area (Å²) in [5.41, 5.74) is -0.867. The highest BCUT2D eigenvalue weighted by Gasteiger charge is 2.38. The Kier molecular flexibility index (Phi) is 3.63. The molecule has 2 fully saturated rings. The number of aromatic hydroxyl groups is 1. The van der Waals surface area contributed by atoms with Gasteiger partial charge in [-0.1, -0.05) is 0 Å². The van der Waals surface area contributed by atoms with Gasteiger partial charge in [0.05, 0.1) is 0 Å². The molecule has 0 unspecified atom stereocenters. The number of nitrogens with zero attached hydrogens (tertiary/aromatic N) is 4. The predicted octanol–water partition coefficient (Wildman–Crippen LogP) is -0.652. The number of aromatic nitrogens is 2. The van der Waals surface area contributed by atoms with Crippen LogP contribution >= 0.6 is 0 Å². The summed E-state index contributed by atoms with van der Waals surface area (Å²) in [5, 5.41) is 10.2. The Bertz CT molecular complexity index is 1020. The molecule has 1 amide bonds. The van der Waals surface area contributed by atoms with Gasteiger partial charge in [-0.3, -0.25) is 9.69 Å². The number of ether oxygens (including phenoxy) is 1. The maximum Gasteiger partial charge on any atom is 0.326 e. The third kappa shape index (κ3) is 2.66. The molecule has 2 N–H and O–H groups in total. The standard InChI is InChI=1S/C14H14FN5O5S/c1-19-4-8(5-19)25-14-16-3-7-2-9(21)13(11(15)12(7)17-14)20-6-10(22)18-26(20,23)24/h2-3,8,21H,4-6H2,1H3,(H,18,22). The van der Waals surface area contributed by atoms with Crippen molar-refractivity contribution >= 4 is 32.7 Å². The quantitative estimate of drug-likeness (QED) is 0.716. The topological polar surface area (TPSA) is 125 Å². The minimum Gasteiger partial charge on any atom is -0.506 e. The van der Waals surface area contributed by atoms with Crippen LogP contribution in [-0.4, -0.2) is 67.1 Å². The van der Waals surface area contributed by atoms with Gasteiger partial charge in [-0.05, 0) is 13.1 Å². The van der Waals surface area contributed by atoms with Crippen LogP contribution in [0.4, 0.5) is 10.1 Å². The van der Waals surface area contributed by atoms with Crippen LogP contribution in [0.15, 0.2) is 12.3 Å². The Morgan fingerprint density at radius 1 is 1.42 bits per heavy atom. The Balaban J connectivity index is 1.77. The molecule has 0 radical (unpaired) electrons. The maximum absolute atomic E-state index is 15.0. The smallest absolute Gasteiger partial charge is 0.326 e. The van der Waals surface area contributed by atoms with E-state index in [0.29, 0.717) is 17.4 Å². The first-order valence-corrected chi connectivity index (χ1v) is 9.05. The zero-order valence-electron chi connectivity index (χ0n) is 13.5. The van der Waals surface area contributed by atoms with Gasteiger partial charge < -0.3 is 9.84 Å². The molecule has 10 nitrogen and oxygen atoms in total. The van der Waals surface area contributed by atoms with Crippen molar-refractivity contribution < 1.29 is 27.4 Å². The molecule has 1 aromatic heterocycles. The summed E-state index contributed by atoms with van der Waals surface area (Å²) in [5.74, 6) is -2.56. The van der Waals surface area contributed by atoms with Crippen LogP contribution in [0.1, 0.15) is 0 Å². The molecular formula is C14H14FN5O5S. The van der Waals surface area contributed by atoms with Crippen LogP contribution in [0, 0.1) is 5.82 Å². The molecule has 0 spiro atoms. The summed E-state index contributed by atoms with van der Waals surface area (Å²) in [7, 11) is -2.36. The zero-order valence-corrected chi connectivity index (χ0v) is 14.3. The molecule has 0 bridgehead atoms. The summed E-state index contributed by atoms with van der Waals surface area (Å²) in [6, 6.07) is 1.08. The Hall–Kier alpha value is -2.73. The van der Waals surface area contributed by atoms with Gasteiger partial charge in [-0.15, -0.1) is 0 Å². The highest BCUT2D eigenvalue weighted by atomic mass is 32.2. The summed E-state index contributed by atoms with van der Waals surface area (Å²) in [6.07, 6.45) is 1.16. The number of phenols is 1. The molecule has 2 aliphatic rings. The van der Waals surface area contributed by atoms with Crippen molar-refractivity contribution in [2.45, 2.75) is 6.10 Å². The van der Waals surface area contributed by atoms with E-state index in [4.69, 9.17) is 4.74 Å². The maximum atomic E-state index is 15.0. The molecular weight excluding hydrogens is 369 g/mol. The summed E-state index contributed by atoms with van der Waals surface area (Å²) >= 11 is 0.